The number of hydrogen-bond donors (Lipinski definition) is 1. The second-order valence-electron chi connectivity index (χ2n) is 5.45. The van der Waals surface area contributed by atoms with E-state index in [1.807, 2.05) is 42.0 Å². The summed E-state index contributed by atoms with van der Waals surface area (Å²) in [5.74, 6) is 1.36. The van der Waals surface area contributed by atoms with Crippen molar-refractivity contribution in [3.05, 3.63) is 46.7 Å². The molecule has 142 valence electrons. The summed E-state index contributed by atoms with van der Waals surface area (Å²) in [4.78, 5) is 16.1. The number of aromatic nitrogens is 4. The number of carbonyl (C=O) groups excluding carboxylic acids is 1. The van der Waals surface area contributed by atoms with Gasteiger partial charge in [0, 0.05) is 18.1 Å². The zero-order valence-corrected chi connectivity index (χ0v) is 17.1. The Kier molecular flexibility index (Phi) is 6.70. The normalized spacial score (nSPS) is 12.0. The number of para-hydroxylation sites is 1. The standard InChI is InChI=1S/C17H18ClN5O2S2/c1-3-23-15(11(2)25-13-7-5-4-6-12(13)18)21-22-17(23)27-10-14(24)20-16-19-8-9-26-16/h4-9,11H,3,10H2,1-2H3,(H,19,20,24)/t11-/m1/s1. The van der Waals surface area contributed by atoms with E-state index < -0.39 is 0 Å². The van der Waals surface area contributed by atoms with E-state index in [1.165, 1.54) is 23.1 Å². The Balaban J connectivity index is 1.65. The molecular weight excluding hydrogens is 406 g/mol. The van der Waals surface area contributed by atoms with Crippen molar-refractivity contribution in [3.63, 3.8) is 0 Å². The van der Waals surface area contributed by atoms with Crippen LogP contribution in [0.4, 0.5) is 5.13 Å². The first kappa shape index (κ1) is 19.7. The molecule has 3 aromatic rings. The first-order chi connectivity index (χ1) is 13.1. The third kappa shape index (κ3) is 5.00. The molecule has 0 fully saturated rings. The zero-order chi connectivity index (χ0) is 19.2. The maximum Gasteiger partial charge on any atom is 0.236 e. The summed E-state index contributed by atoms with van der Waals surface area (Å²) in [5.41, 5.74) is 0. The van der Waals surface area contributed by atoms with Crippen LogP contribution in [0.2, 0.25) is 5.02 Å². The number of carbonyl (C=O) groups is 1. The van der Waals surface area contributed by atoms with Gasteiger partial charge in [-0.25, -0.2) is 4.98 Å². The molecule has 0 bridgehead atoms. The highest BCUT2D eigenvalue weighted by Gasteiger charge is 2.20. The Labute approximate surface area is 170 Å². The molecule has 1 amide bonds. The summed E-state index contributed by atoms with van der Waals surface area (Å²) >= 11 is 8.86. The third-order valence-corrected chi connectivity index (χ3v) is 5.54. The number of nitrogens with one attached hydrogen (secondary N) is 1. The number of amides is 1. The number of halogens is 1. The van der Waals surface area contributed by atoms with Crippen molar-refractivity contribution in [3.8, 4) is 5.75 Å². The molecule has 2 heterocycles. The maximum absolute atomic E-state index is 12.0. The molecule has 0 spiro atoms. The van der Waals surface area contributed by atoms with Crippen molar-refractivity contribution in [1.29, 1.82) is 0 Å². The molecule has 2 aromatic heterocycles. The van der Waals surface area contributed by atoms with Gasteiger partial charge in [0.15, 0.2) is 22.2 Å². The summed E-state index contributed by atoms with van der Waals surface area (Å²) in [6.45, 7) is 4.55. The molecule has 0 aliphatic heterocycles. The minimum absolute atomic E-state index is 0.137. The van der Waals surface area contributed by atoms with Gasteiger partial charge < -0.3 is 14.6 Å². The number of ether oxygens (including phenoxy) is 1. The van der Waals surface area contributed by atoms with E-state index in [4.69, 9.17) is 16.3 Å². The Morgan fingerprint density at radius 3 is 2.93 bits per heavy atom. The molecule has 27 heavy (non-hydrogen) atoms. The Morgan fingerprint density at radius 2 is 2.22 bits per heavy atom. The van der Waals surface area contributed by atoms with Crippen molar-refractivity contribution in [2.75, 3.05) is 11.1 Å². The molecule has 0 unspecified atom stereocenters. The van der Waals surface area contributed by atoms with Crippen molar-refractivity contribution in [2.45, 2.75) is 31.7 Å². The molecular formula is C17H18ClN5O2S2. The molecule has 3 rings (SSSR count). The highest BCUT2D eigenvalue weighted by atomic mass is 35.5. The van der Waals surface area contributed by atoms with Gasteiger partial charge in [-0.1, -0.05) is 35.5 Å². The van der Waals surface area contributed by atoms with Crippen LogP contribution in [0.25, 0.3) is 0 Å². The van der Waals surface area contributed by atoms with Gasteiger partial charge in [-0.2, -0.15) is 0 Å². The molecule has 0 radical (unpaired) electrons. The van der Waals surface area contributed by atoms with Crippen LogP contribution in [0.15, 0.2) is 41.0 Å². The molecule has 1 atom stereocenters. The monoisotopic (exact) mass is 423 g/mol. The average molecular weight is 424 g/mol. The lowest BCUT2D eigenvalue weighted by Crippen LogP contribution is -2.15. The quantitative estimate of drug-likeness (QED) is 0.544. The molecule has 0 aliphatic rings. The van der Waals surface area contributed by atoms with Gasteiger partial charge >= 0.3 is 0 Å². The van der Waals surface area contributed by atoms with Crippen LogP contribution in [0.5, 0.6) is 5.75 Å². The maximum atomic E-state index is 12.0. The first-order valence-corrected chi connectivity index (χ1v) is 10.5. The molecule has 0 aliphatic carbocycles. The summed E-state index contributed by atoms with van der Waals surface area (Å²) in [5, 5.41) is 14.8. The lowest BCUT2D eigenvalue weighted by Gasteiger charge is -2.16. The van der Waals surface area contributed by atoms with Gasteiger partial charge in [0.1, 0.15) is 5.75 Å². The van der Waals surface area contributed by atoms with Crippen LogP contribution in [0, 0.1) is 0 Å². The summed E-state index contributed by atoms with van der Waals surface area (Å²) in [6.07, 6.45) is 1.31. The van der Waals surface area contributed by atoms with E-state index in [1.54, 1.807) is 12.3 Å². The van der Waals surface area contributed by atoms with Gasteiger partial charge in [-0.05, 0) is 26.0 Å². The molecule has 0 saturated carbocycles. The second kappa shape index (κ2) is 9.20. The largest absolute Gasteiger partial charge is 0.481 e. The highest BCUT2D eigenvalue weighted by Crippen LogP contribution is 2.29. The number of thioether (sulfide) groups is 1. The lowest BCUT2D eigenvalue weighted by atomic mass is 10.3. The molecule has 1 N–H and O–H groups in total. The third-order valence-electron chi connectivity index (χ3n) is 3.58. The van der Waals surface area contributed by atoms with E-state index in [9.17, 15) is 4.79 Å². The van der Waals surface area contributed by atoms with E-state index in [-0.39, 0.29) is 17.8 Å². The Hall–Kier alpha value is -2.10. The van der Waals surface area contributed by atoms with Crippen LogP contribution in [-0.2, 0) is 11.3 Å². The number of hydrogen-bond acceptors (Lipinski definition) is 7. The van der Waals surface area contributed by atoms with Gasteiger partial charge in [-0.15, -0.1) is 21.5 Å². The summed E-state index contributed by atoms with van der Waals surface area (Å²) in [6, 6.07) is 7.29. The van der Waals surface area contributed by atoms with Crippen LogP contribution in [-0.4, -0.2) is 31.4 Å². The van der Waals surface area contributed by atoms with Crippen molar-refractivity contribution in [1.82, 2.24) is 19.7 Å². The van der Waals surface area contributed by atoms with Gasteiger partial charge in [0.25, 0.3) is 0 Å². The highest BCUT2D eigenvalue weighted by molar-refractivity contribution is 7.99. The molecule has 7 nitrogen and oxygen atoms in total. The van der Waals surface area contributed by atoms with Crippen molar-refractivity contribution in [2.24, 2.45) is 0 Å². The van der Waals surface area contributed by atoms with Crippen LogP contribution in [0.3, 0.4) is 0 Å². The van der Waals surface area contributed by atoms with Crippen molar-refractivity contribution >= 4 is 45.7 Å². The fourth-order valence-corrected chi connectivity index (χ4v) is 3.89. The van der Waals surface area contributed by atoms with Crippen LogP contribution >= 0.6 is 34.7 Å². The predicted molar refractivity (Wildman–Crippen MR) is 108 cm³/mol. The van der Waals surface area contributed by atoms with E-state index in [0.29, 0.717) is 33.4 Å². The molecule has 1 aromatic carbocycles. The number of nitrogens with zero attached hydrogens (tertiary/aromatic N) is 4. The minimum atomic E-state index is -0.337. The van der Waals surface area contributed by atoms with Crippen molar-refractivity contribution < 1.29 is 9.53 Å². The number of benzene rings is 1. The number of anilines is 1. The van der Waals surface area contributed by atoms with Gasteiger partial charge in [0.2, 0.25) is 5.91 Å². The average Bonchev–Trinajstić information content (AvgIpc) is 3.31. The second-order valence-corrected chi connectivity index (χ2v) is 7.69. The molecule has 10 heteroatoms. The van der Waals surface area contributed by atoms with E-state index in [0.717, 1.165) is 0 Å². The van der Waals surface area contributed by atoms with Crippen LogP contribution in [0.1, 0.15) is 25.8 Å². The number of thiazole rings is 1. The fraction of sp³-hybridized carbons (Fsp3) is 0.294. The fourth-order valence-electron chi connectivity index (χ4n) is 2.36. The Morgan fingerprint density at radius 1 is 1.41 bits per heavy atom. The first-order valence-electron chi connectivity index (χ1n) is 8.25. The SMILES string of the molecule is CCn1c(SCC(=O)Nc2nccs2)nnc1[C@@H](C)Oc1ccccc1Cl. The summed E-state index contributed by atoms with van der Waals surface area (Å²) < 4.78 is 7.87. The Bertz CT molecular complexity index is 901. The van der Waals surface area contributed by atoms with E-state index >= 15 is 0 Å². The number of rotatable bonds is 8. The van der Waals surface area contributed by atoms with Crippen LogP contribution < -0.4 is 10.1 Å². The zero-order valence-electron chi connectivity index (χ0n) is 14.8. The topological polar surface area (TPSA) is 81.9 Å². The summed E-state index contributed by atoms with van der Waals surface area (Å²) in [7, 11) is 0. The smallest absolute Gasteiger partial charge is 0.236 e. The lowest BCUT2D eigenvalue weighted by molar-refractivity contribution is -0.113. The minimum Gasteiger partial charge on any atom is -0.481 e. The van der Waals surface area contributed by atoms with E-state index in [2.05, 4.69) is 20.5 Å². The molecule has 0 saturated heterocycles. The van der Waals surface area contributed by atoms with Gasteiger partial charge in [-0.3, -0.25) is 4.79 Å². The van der Waals surface area contributed by atoms with Gasteiger partial charge in [0.05, 0.1) is 10.8 Å². The predicted octanol–water partition coefficient (Wildman–Crippen LogP) is 4.28.